The summed E-state index contributed by atoms with van der Waals surface area (Å²) in [5.41, 5.74) is 8.11. The summed E-state index contributed by atoms with van der Waals surface area (Å²) < 4.78 is 12.2. The lowest BCUT2D eigenvalue weighted by atomic mass is 10.1. The van der Waals surface area contributed by atoms with Gasteiger partial charge in [-0.3, -0.25) is 4.79 Å². The maximum Gasteiger partial charge on any atom is 0.323 e. The highest BCUT2D eigenvalue weighted by Gasteiger charge is 2.18. The Kier molecular flexibility index (Phi) is 5.36. The molecule has 0 aliphatic carbocycles. The van der Waals surface area contributed by atoms with Gasteiger partial charge in [0.15, 0.2) is 0 Å². The van der Waals surface area contributed by atoms with E-state index in [1.54, 1.807) is 14.0 Å². The molecule has 114 valence electrons. The Hall–Kier alpha value is -1.85. The molecule has 0 fully saturated rings. The third kappa shape index (κ3) is 3.62. The number of para-hydroxylation sites is 1. The number of fused-ring (bicyclic) bond motifs is 1. The lowest BCUT2D eigenvalue weighted by Crippen LogP contribution is -2.34. The van der Waals surface area contributed by atoms with Crippen molar-refractivity contribution in [2.45, 2.75) is 25.9 Å². The van der Waals surface area contributed by atoms with Gasteiger partial charge in [0.25, 0.3) is 0 Å². The highest BCUT2D eigenvalue weighted by atomic mass is 16.5. The molecule has 2 aromatic rings. The van der Waals surface area contributed by atoms with E-state index < -0.39 is 6.04 Å². The van der Waals surface area contributed by atoms with Crippen LogP contribution in [0.25, 0.3) is 10.9 Å². The molecule has 1 aromatic carbocycles. The number of carbonyl (C=O) groups excluding carboxylic acids is 1. The molecular formula is C16H22N2O3. The first-order valence-electron chi connectivity index (χ1n) is 7.15. The van der Waals surface area contributed by atoms with Crippen molar-refractivity contribution in [2.24, 2.45) is 5.73 Å². The van der Waals surface area contributed by atoms with E-state index in [0.29, 0.717) is 19.6 Å². The van der Waals surface area contributed by atoms with Crippen molar-refractivity contribution >= 4 is 16.9 Å². The monoisotopic (exact) mass is 290 g/mol. The van der Waals surface area contributed by atoms with Gasteiger partial charge in [0.2, 0.25) is 0 Å². The molecule has 1 unspecified atom stereocenters. The molecule has 1 heterocycles. The van der Waals surface area contributed by atoms with Crippen LogP contribution >= 0.6 is 0 Å². The SMILES string of the molecule is CCOC(=O)C(N)Cc1cn(CCOC)c2ccccc12. The first kappa shape index (κ1) is 15.5. The van der Waals surface area contributed by atoms with Gasteiger partial charge in [0.1, 0.15) is 6.04 Å². The number of aromatic nitrogens is 1. The molecule has 5 heteroatoms. The van der Waals surface area contributed by atoms with Gasteiger partial charge in [-0.1, -0.05) is 18.2 Å². The molecule has 0 aliphatic heterocycles. The van der Waals surface area contributed by atoms with E-state index in [4.69, 9.17) is 15.2 Å². The molecule has 1 atom stereocenters. The van der Waals surface area contributed by atoms with Crippen LogP contribution in [-0.2, 0) is 27.2 Å². The molecule has 21 heavy (non-hydrogen) atoms. The zero-order valence-corrected chi connectivity index (χ0v) is 12.5. The second-order valence-electron chi connectivity index (χ2n) is 4.92. The van der Waals surface area contributed by atoms with Gasteiger partial charge in [-0.2, -0.15) is 0 Å². The smallest absolute Gasteiger partial charge is 0.323 e. The number of carbonyl (C=O) groups is 1. The number of nitrogens with two attached hydrogens (primary N) is 1. The molecule has 0 spiro atoms. The fourth-order valence-corrected chi connectivity index (χ4v) is 2.43. The van der Waals surface area contributed by atoms with Crippen LogP contribution < -0.4 is 5.73 Å². The van der Waals surface area contributed by atoms with Crippen LogP contribution in [0.2, 0.25) is 0 Å². The van der Waals surface area contributed by atoms with Gasteiger partial charge < -0.3 is 19.8 Å². The molecule has 5 nitrogen and oxygen atoms in total. The topological polar surface area (TPSA) is 66.5 Å². The average Bonchev–Trinajstić information content (AvgIpc) is 2.83. The first-order chi connectivity index (χ1) is 10.2. The van der Waals surface area contributed by atoms with Crippen molar-refractivity contribution in [3.63, 3.8) is 0 Å². The van der Waals surface area contributed by atoms with Crippen molar-refractivity contribution in [1.29, 1.82) is 0 Å². The number of nitrogens with zero attached hydrogens (tertiary/aromatic N) is 1. The van der Waals surface area contributed by atoms with Crippen molar-refractivity contribution in [2.75, 3.05) is 20.3 Å². The van der Waals surface area contributed by atoms with Crippen LogP contribution in [0.4, 0.5) is 0 Å². The number of hydrogen-bond acceptors (Lipinski definition) is 4. The van der Waals surface area contributed by atoms with Crippen LogP contribution in [0.3, 0.4) is 0 Å². The Morgan fingerprint density at radius 1 is 1.38 bits per heavy atom. The fourth-order valence-electron chi connectivity index (χ4n) is 2.43. The summed E-state index contributed by atoms with van der Waals surface area (Å²) in [6.07, 6.45) is 2.52. The zero-order chi connectivity index (χ0) is 15.2. The minimum atomic E-state index is -0.633. The van der Waals surface area contributed by atoms with Gasteiger partial charge in [-0.25, -0.2) is 0 Å². The van der Waals surface area contributed by atoms with Crippen LogP contribution in [0.5, 0.6) is 0 Å². The first-order valence-corrected chi connectivity index (χ1v) is 7.15. The predicted octanol–water partition coefficient (Wildman–Crippen LogP) is 1.72. The van der Waals surface area contributed by atoms with Gasteiger partial charge in [0.05, 0.1) is 13.2 Å². The van der Waals surface area contributed by atoms with Gasteiger partial charge in [-0.15, -0.1) is 0 Å². The van der Waals surface area contributed by atoms with E-state index in [9.17, 15) is 4.79 Å². The summed E-state index contributed by atoms with van der Waals surface area (Å²) >= 11 is 0. The lowest BCUT2D eigenvalue weighted by Gasteiger charge is -2.09. The average molecular weight is 290 g/mol. The van der Waals surface area contributed by atoms with E-state index in [0.717, 1.165) is 23.0 Å². The number of ether oxygens (including phenoxy) is 2. The second kappa shape index (κ2) is 7.24. The highest BCUT2D eigenvalue weighted by Crippen LogP contribution is 2.22. The van der Waals surface area contributed by atoms with E-state index in [2.05, 4.69) is 10.6 Å². The Morgan fingerprint density at radius 2 is 2.14 bits per heavy atom. The largest absolute Gasteiger partial charge is 0.465 e. The molecule has 1 aromatic heterocycles. The van der Waals surface area contributed by atoms with Gasteiger partial charge in [0, 0.05) is 37.2 Å². The van der Waals surface area contributed by atoms with E-state index in [1.165, 1.54) is 0 Å². The normalized spacial score (nSPS) is 12.5. The van der Waals surface area contributed by atoms with Crippen LogP contribution in [0, 0.1) is 0 Å². The molecule has 0 saturated heterocycles. The summed E-state index contributed by atoms with van der Waals surface area (Å²) in [6, 6.07) is 7.46. The third-order valence-electron chi connectivity index (χ3n) is 3.44. The second-order valence-corrected chi connectivity index (χ2v) is 4.92. The summed E-state index contributed by atoms with van der Waals surface area (Å²) in [5, 5.41) is 1.12. The molecule has 0 bridgehead atoms. The number of hydrogen-bond donors (Lipinski definition) is 1. The maximum atomic E-state index is 11.7. The maximum absolute atomic E-state index is 11.7. The van der Waals surface area contributed by atoms with Crippen LogP contribution in [0.15, 0.2) is 30.5 Å². The Labute approximate surface area is 124 Å². The predicted molar refractivity (Wildman–Crippen MR) is 82.1 cm³/mol. The third-order valence-corrected chi connectivity index (χ3v) is 3.44. The molecule has 0 amide bonds. The Morgan fingerprint density at radius 3 is 2.86 bits per heavy atom. The van der Waals surface area contributed by atoms with Crippen molar-refractivity contribution < 1.29 is 14.3 Å². The summed E-state index contributed by atoms with van der Waals surface area (Å²) in [4.78, 5) is 11.7. The number of rotatable bonds is 7. The number of esters is 1. The molecule has 0 radical (unpaired) electrons. The van der Waals surface area contributed by atoms with Crippen molar-refractivity contribution in [1.82, 2.24) is 4.57 Å². The molecule has 2 N–H and O–H groups in total. The van der Waals surface area contributed by atoms with E-state index in [1.807, 2.05) is 24.4 Å². The van der Waals surface area contributed by atoms with Crippen LogP contribution in [0.1, 0.15) is 12.5 Å². The standard InChI is InChI=1S/C16H22N2O3/c1-3-21-16(19)14(17)10-12-11-18(8-9-20-2)15-7-5-4-6-13(12)15/h4-7,11,14H,3,8-10,17H2,1-2H3. The number of methoxy groups -OCH3 is 1. The van der Waals surface area contributed by atoms with Gasteiger partial charge in [-0.05, 0) is 18.6 Å². The van der Waals surface area contributed by atoms with Crippen molar-refractivity contribution in [3.05, 3.63) is 36.0 Å². The molecular weight excluding hydrogens is 268 g/mol. The summed E-state index contributed by atoms with van der Waals surface area (Å²) in [7, 11) is 1.68. The van der Waals surface area contributed by atoms with Gasteiger partial charge >= 0.3 is 5.97 Å². The zero-order valence-electron chi connectivity index (χ0n) is 12.5. The minimum Gasteiger partial charge on any atom is -0.465 e. The highest BCUT2D eigenvalue weighted by molar-refractivity contribution is 5.85. The minimum absolute atomic E-state index is 0.349. The van der Waals surface area contributed by atoms with Crippen molar-refractivity contribution in [3.8, 4) is 0 Å². The lowest BCUT2D eigenvalue weighted by molar-refractivity contribution is -0.144. The quantitative estimate of drug-likeness (QED) is 0.789. The molecule has 0 aliphatic rings. The molecule has 0 saturated carbocycles. The van der Waals surface area contributed by atoms with E-state index in [-0.39, 0.29) is 5.97 Å². The summed E-state index contributed by atoms with van der Waals surface area (Å²) in [6.45, 7) is 3.54. The Bertz CT molecular complexity index is 607. The Balaban J connectivity index is 2.25. The number of benzene rings is 1. The van der Waals surface area contributed by atoms with Crippen LogP contribution in [-0.4, -0.2) is 36.9 Å². The molecule has 2 rings (SSSR count). The summed E-state index contributed by atoms with van der Waals surface area (Å²) in [5.74, 6) is -0.355. The fraction of sp³-hybridized carbons (Fsp3) is 0.438. The van der Waals surface area contributed by atoms with E-state index >= 15 is 0 Å².